The topological polar surface area (TPSA) is 62.5 Å². The van der Waals surface area contributed by atoms with Crippen LogP contribution in [0.3, 0.4) is 0 Å². The Labute approximate surface area is 137 Å². The number of nitrogens with zero attached hydrogens (tertiary/aromatic N) is 1. The molecule has 0 radical (unpaired) electrons. The van der Waals surface area contributed by atoms with Gasteiger partial charge in [0.25, 0.3) is 0 Å². The highest BCUT2D eigenvalue weighted by Crippen LogP contribution is 2.39. The minimum absolute atomic E-state index is 0.0383. The fourth-order valence-corrected chi connectivity index (χ4v) is 2.37. The number of aromatic hydroxyl groups is 1. The fraction of sp³-hybridized carbons (Fsp3) is 0.438. The van der Waals surface area contributed by atoms with Gasteiger partial charge in [-0.15, -0.1) is 0 Å². The third-order valence-electron chi connectivity index (χ3n) is 4.23. The minimum Gasteiger partial charge on any atom is -0.507 e. The van der Waals surface area contributed by atoms with Crippen LogP contribution in [0.5, 0.6) is 5.75 Å². The average Bonchev–Trinajstić information content (AvgIpc) is 2.65. The molecule has 2 rings (SSSR count). The van der Waals surface area contributed by atoms with Crippen molar-refractivity contribution in [1.29, 1.82) is 5.26 Å². The molecule has 1 heterocycles. The average molecular weight is 317 g/mol. The summed E-state index contributed by atoms with van der Waals surface area (Å²) in [7, 11) is -0.472. The SMILES string of the molecule is CC1(C)OB(C(=Cc2ccc(C#N)c(O)c2)CS)OC1(C)C. The molecule has 1 fully saturated rings. The third kappa shape index (κ3) is 3.17. The van der Waals surface area contributed by atoms with E-state index in [2.05, 4.69) is 12.6 Å². The van der Waals surface area contributed by atoms with Gasteiger partial charge in [0.05, 0.1) is 16.8 Å². The maximum atomic E-state index is 9.78. The molecule has 0 aromatic heterocycles. The summed E-state index contributed by atoms with van der Waals surface area (Å²) in [5.41, 5.74) is 1.07. The van der Waals surface area contributed by atoms with E-state index in [9.17, 15) is 5.11 Å². The summed E-state index contributed by atoms with van der Waals surface area (Å²) in [5.74, 6) is 0.432. The Bertz CT molecular complexity index is 633. The Kier molecular flexibility index (Phi) is 4.62. The standard InChI is InChI=1S/C16H20BNO3S/c1-15(2)16(3,4)21-17(20-15)13(10-22)7-11-5-6-12(9-18)14(19)8-11/h5-8,19,22H,10H2,1-4H3. The zero-order chi connectivity index (χ0) is 16.5. The van der Waals surface area contributed by atoms with E-state index in [1.54, 1.807) is 18.2 Å². The van der Waals surface area contributed by atoms with Gasteiger partial charge >= 0.3 is 7.12 Å². The van der Waals surface area contributed by atoms with Crippen LogP contribution in [0.4, 0.5) is 0 Å². The number of nitriles is 1. The molecule has 0 saturated carbocycles. The highest BCUT2D eigenvalue weighted by atomic mass is 32.1. The van der Waals surface area contributed by atoms with Gasteiger partial charge in [0, 0.05) is 5.75 Å². The van der Waals surface area contributed by atoms with E-state index in [0.717, 1.165) is 11.0 Å². The summed E-state index contributed by atoms with van der Waals surface area (Å²) in [6.45, 7) is 7.99. The number of benzene rings is 1. The molecule has 0 aliphatic carbocycles. The molecular weight excluding hydrogens is 297 g/mol. The molecule has 6 heteroatoms. The Hall–Kier alpha value is -1.42. The van der Waals surface area contributed by atoms with Crippen LogP contribution in [0.15, 0.2) is 23.7 Å². The van der Waals surface area contributed by atoms with Gasteiger partial charge in [-0.2, -0.15) is 17.9 Å². The number of hydrogen-bond acceptors (Lipinski definition) is 5. The fourth-order valence-electron chi connectivity index (χ4n) is 2.13. The predicted molar refractivity (Wildman–Crippen MR) is 90.7 cm³/mol. The van der Waals surface area contributed by atoms with Crippen molar-refractivity contribution in [1.82, 2.24) is 0 Å². The van der Waals surface area contributed by atoms with Gasteiger partial charge in [-0.3, -0.25) is 0 Å². The molecule has 4 nitrogen and oxygen atoms in total. The molecule has 1 aliphatic heterocycles. The van der Waals surface area contributed by atoms with Gasteiger partial charge < -0.3 is 14.4 Å². The molecule has 1 aliphatic rings. The molecular formula is C16H20BNO3S. The highest BCUT2D eigenvalue weighted by molar-refractivity contribution is 7.80. The molecule has 0 bridgehead atoms. The van der Waals surface area contributed by atoms with Crippen molar-refractivity contribution < 1.29 is 14.4 Å². The van der Waals surface area contributed by atoms with Crippen molar-refractivity contribution in [2.45, 2.75) is 38.9 Å². The van der Waals surface area contributed by atoms with Crippen molar-refractivity contribution in [2.24, 2.45) is 0 Å². The lowest BCUT2D eigenvalue weighted by molar-refractivity contribution is 0.00578. The molecule has 0 spiro atoms. The maximum absolute atomic E-state index is 9.78. The van der Waals surface area contributed by atoms with E-state index in [1.165, 1.54) is 0 Å². The minimum atomic E-state index is -0.472. The smallest absolute Gasteiger partial charge is 0.491 e. The van der Waals surface area contributed by atoms with Crippen LogP contribution in [0.2, 0.25) is 0 Å². The van der Waals surface area contributed by atoms with E-state index in [1.807, 2.05) is 39.8 Å². The lowest BCUT2D eigenvalue weighted by Gasteiger charge is -2.32. The second kappa shape index (κ2) is 6.00. The first-order chi connectivity index (χ1) is 10.2. The lowest BCUT2D eigenvalue weighted by atomic mass is 9.78. The molecule has 0 unspecified atom stereocenters. The van der Waals surface area contributed by atoms with Crippen molar-refractivity contribution in [3.63, 3.8) is 0 Å². The van der Waals surface area contributed by atoms with Crippen LogP contribution >= 0.6 is 12.6 Å². The van der Waals surface area contributed by atoms with Gasteiger partial charge in [-0.1, -0.05) is 12.1 Å². The quantitative estimate of drug-likeness (QED) is 0.664. The predicted octanol–water partition coefficient (Wildman–Crippen LogP) is 3.21. The number of phenols is 1. The van der Waals surface area contributed by atoms with Crippen LogP contribution in [0.25, 0.3) is 6.08 Å². The number of hydrogen-bond donors (Lipinski definition) is 2. The van der Waals surface area contributed by atoms with Gasteiger partial charge in [0.15, 0.2) is 0 Å². The molecule has 116 valence electrons. The van der Waals surface area contributed by atoms with Crippen molar-refractivity contribution in [3.05, 3.63) is 34.8 Å². The number of phenolic OH excluding ortho intramolecular Hbond substituents is 1. The summed E-state index contributed by atoms with van der Waals surface area (Å²) in [6, 6.07) is 6.84. The van der Waals surface area contributed by atoms with E-state index < -0.39 is 18.3 Å². The van der Waals surface area contributed by atoms with E-state index >= 15 is 0 Å². The summed E-state index contributed by atoms with van der Waals surface area (Å²) >= 11 is 4.36. The lowest BCUT2D eigenvalue weighted by Crippen LogP contribution is -2.41. The van der Waals surface area contributed by atoms with Crippen molar-refractivity contribution >= 4 is 25.8 Å². The van der Waals surface area contributed by atoms with E-state index in [4.69, 9.17) is 14.6 Å². The summed E-state index contributed by atoms with van der Waals surface area (Å²) in [5, 5.41) is 18.6. The second-order valence-electron chi connectivity index (χ2n) is 6.35. The number of thiol groups is 1. The maximum Gasteiger partial charge on any atom is 0.491 e. The second-order valence-corrected chi connectivity index (χ2v) is 6.67. The molecule has 22 heavy (non-hydrogen) atoms. The van der Waals surface area contributed by atoms with Crippen molar-refractivity contribution in [3.8, 4) is 11.8 Å². The Morgan fingerprint density at radius 2 is 1.91 bits per heavy atom. The Morgan fingerprint density at radius 3 is 2.36 bits per heavy atom. The Balaban J connectivity index is 2.30. The summed E-state index contributed by atoms with van der Waals surface area (Å²) < 4.78 is 12.0. The van der Waals surface area contributed by atoms with E-state index in [0.29, 0.717) is 5.75 Å². The normalized spacial score (nSPS) is 20.0. The molecule has 1 aromatic carbocycles. The van der Waals surface area contributed by atoms with Gasteiger partial charge in [-0.05, 0) is 50.9 Å². The molecule has 1 saturated heterocycles. The molecule has 1 N–H and O–H groups in total. The van der Waals surface area contributed by atoms with Gasteiger partial charge in [0.2, 0.25) is 0 Å². The molecule has 0 amide bonds. The third-order valence-corrected chi connectivity index (χ3v) is 4.60. The van der Waals surface area contributed by atoms with Crippen LogP contribution in [0.1, 0.15) is 38.8 Å². The monoisotopic (exact) mass is 317 g/mol. The van der Waals surface area contributed by atoms with Gasteiger partial charge in [-0.25, -0.2) is 0 Å². The van der Waals surface area contributed by atoms with Crippen LogP contribution < -0.4 is 0 Å². The Morgan fingerprint density at radius 1 is 1.32 bits per heavy atom. The molecule has 1 aromatic rings. The van der Waals surface area contributed by atoms with Crippen molar-refractivity contribution in [2.75, 3.05) is 5.75 Å². The summed E-state index contributed by atoms with van der Waals surface area (Å²) in [4.78, 5) is 0. The summed E-state index contributed by atoms with van der Waals surface area (Å²) in [6.07, 6.45) is 1.87. The zero-order valence-electron chi connectivity index (χ0n) is 13.3. The molecule has 0 atom stereocenters. The highest BCUT2D eigenvalue weighted by Gasteiger charge is 2.52. The van der Waals surface area contributed by atoms with Gasteiger partial charge in [0.1, 0.15) is 11.8 Å². The zero-order valence-corrected chi connectivity index (χ0v) is 14.1. The first kappa shape index (κ1) is 16.9. The van der Waals surface area contributed by atoms with Crippen LogP contribution in [0, 0.1) is 11.3 Å². The first-order valence-electron chi connectivity index (χ1n) is 7.10. The first-order valence-corrected chi connectivity index (χ1v) is 7.73. The number of rotatable bonds is 3. The van der Waals surface area contributed by atoms with Crippen LogP contribution in [-0.2, 0) is 9.31 Å². The van der Waals surface area contributed by atoms with E-state index in [-0.39, 0.29) is 11.3 Å². The van der Waals surface area contributed by atoms with Crippen LogP contribution in [-0.4, -0.2) is 29.2 Å². The largest absolute Gasteiger partial charge is 0.507 e.